The SMILES string of the molecule is CCN1C=CC(/C=C/c2ccc(N(CCCCSSCCCCN(Cc3ccccc3)c3ccc(/C=C/c4cc[n+](CC)cc4)cc3)Cc3ccccc3)cc2)=CC1. The molecule has 4 nitrogen and oxygen atoms in total. The maximum Gasteiger partial charge on any atom is 0.169 e. The van der Waals surface area contributed by atoms with Gasteiger partial charge in [0.25, 0.3) is 0 Å². The van der Waals surface area contributed by atoms with Gasteiger partial charge in [0.15, 0.2) is 12.4 Å². The van der Waals surface area contributed by atoms with Crippen molar-refractivity contribution in [3.63, 3.8) is 0 Å². The molecule has 0 amide bonds. The summed E-state index contributed by atoms with van der Waals surface area (Å²) in [6.07, 6.45) is 24.6. The van der Waals surface area contributed by atoms with Crippen LogP contribution in [0.3, 0.4) is 0 Å². The minimum atomic E-state index is 0.927. The van der Waals surface area contributed by atoms with Gasteiger partial charge in [0.1, 0.15) is 6.54 Å². The maximum absolute atomic E-state index is 2.55. The van der Waals surface area contributed by atoms with Crippen LogP contribution < -0.4 is 14.4 Å². The molecule has 300 valence electrons. The standard InChI is InChI=1S/C52H61N4S2/c1-3-53-37-31-47(32-38-53)21-19-45-23-27-51(28-24-45)55(43-49-15-7-5-8-16-49)35-11-13-41-57-58-42-14-12-36-56(44-50-17-9-6-10-18-50)52-29-25-46(26-30-52)20-22-48-33-39-54(4-2)40-34-48/h5-10,15-34,37-39H,3-4,11-14,35-36,40-44H2,1-2H3/q+1/b22-20+. The average Bonchev–Trinajstić information content (AvgIpc) is 3.29. The van der Waals surface area contributed by atoms with E-state index in [1.165, 1.54) is 82.0 Å². The molecule has 5 aromatic rings. The van der Waals surface area contributed by atoms with E-state index < -0.39 is 0 Å². The number of rotatable bonds is 23. The third kappa shape index (κ3) is 14.5. The van der Waals surface area contributed by atoms with E-state index in [1.54, 1.807) is 0 Å². The lowest BCUT2D eigenvalue weighted by Gasteiger charge is -2.25. The summed E-state index contributed by atoms with van der Waals surface area (Å²) in [5.41, 5.74) is 10.2. The highest BCUT2D eigenvalue weighted by Gasteiger charge is 2.10. The minimum absolute atomic E-state index is 0.927. The van der Waals surface area contributed by atoms with Gasteiger partial charge < -0.3 is 14.7 Å². The molecule has 0 fully saturated rings. The summed E-state index contributed by atoms with van der Waals surface area (Å²) in [4.78, 5) is 7.39. The van der Waals surface area contributed by atoms with Crippen LogP contribution in [0.5, 0.6) is 0 Å². The van der Waals surface area contributed by atoms with Gasteiger partial charge in [-0.15, -0.1) is 0 Å². The number of aromatic nitrogens is 1. The number of allylic oxidation sites excluding steroid dienone is 3. The van der Waals surface area contributed by atoms with Crippen LogP contribution >= 0.6 is 21.6 Å². The van der Waals surface area contributed by atoms with Gasteiger partial charge in [-0.1, -0.05) is 137 Å². The van der Waals surface area contributed by atoms with Crippen molar-refractivity contribution in [2.45, 2.75) is 59.2 Å². The molecular formula is C52H61N4S2+. The number of anilines is 2. The fourth-order valence-corrected chi connectivity index (χ4v) is 9.21. The first-order valence-corrected chi connectivity index (χ1v) is 23.6. The van der Waals surface area contributed by atoms with Crippen molar-refractivity contribution >= 4 is 51.2 Å². The molecule has 2 heterocycles. The van der Waals surface area contributed by atoms with Crippen LogP contribution in [-0.4, -0.2) is 42.6 Å². The second-order valence-electron chi connectivity index (χ2n) is 14.8. The zero-order valence-corrected chi connectivity index (χ0v) is 36.2. The number of pyridine rings is 1. The summed E-state index contributed by atoms with van der Waals surface area (Å²) in [5, 5.41) is 0. The van der Waals surface area contributed by atoms with Crippen LogP contribution in [0.4, 0.5) is 11.4 Å². The largest absolute Gasteiger partial charge is 0.374 e. The molecule has 1 aromatic heterocycles. The molecule has 0 N–H and O–H groups in total. The zero-order valence-electron chi connectivity index (χ0n) is 34.5. The van der Waals surface area contributed by atoms with E-state index >= 15 is 0 Å². The second kappa shape index (κ2) is 24.1. The molecule has 1 aliphatic rings. The van der Waals surface area contributed by atoms with Crippen LogP contribution in [0.15, 0.2) is 164 Å². The molecule has 0 bridgehead atoms. The Hall–Kier alpha value is -4.91. The Kier molecular flexibility index (Phi) is 17.7. The van der Waals surface area contributed by atoms with Crippen molar-refractivity contribution in [3.8, 4) is 0 Å². The van der Waals surface area contributed by atoms with Crippen LogP contribution in [0, 0.1) is 0 Å². The van der Waals surface area contributed by atoms with Gasteiger partial charge in [0, 0.05) is 74.3 Å². The highest BCUT2D eigenvalue weighted by atomic mass is 33.1. The molecule has 0 unspecified atom stereocenters. The molecule has 4 aromatic carbocycles. The monoisotopic (exact) mass is 805 g/mol. The molecule has 58 heavy (non-hydrogen) atoms. The molecule has 0 spiro atoms. The first-order valence-electron chi connectivity index (χ1n) is 21.1. The van der Waals surface area contributed by atoms with Gasteiger partial charge in [0.05, 0.1) is 0 Å². The Bertz CT molecular complexity index is 2020. The fourth-order valence-electron chi connectivity index (χ4n) is 6.92. The molecule has 0 saturated heterocycles. The number of benzene rings is 4. The van der Waals surface area contributed by atoms with E-state index in [4.69, 9.17) is 0 Å². The van der Waals surface area contributed by atoms with E-state index in [-0.39, 0.29) is 0 Å². The van der Waals surface area contributed by atoms with E-state index in [2.05, 4.69) is 209 Å². The number of unbranched alkanes of at least 4 members (excludes halogenated alkanes) is 2. The van der Waals surface area contributed by atoms with Gasteiger partial charge >= 0.3 is 0 Å². The van der Waals surface area contributed by atoms with Gasteiger partial charge in [0.2, 0.25) is 0 Å². The van der Waals surface area contributed by atoms with E-state index in [9.17, 15) is 0 Å². The Labute approximate surface area is 357 Å². The number of nitrogens with zero attached hydrogens (tertiary/aromatic N) is 4. The molecule has 1 aliphatic heterocycles. The summed E-state index contributed by atoms with van der Waals surface area (Å²) >= 11 is 0. The van der Waals surface area contributed by atoms with E-state index in [1.807, 2.05) is 21.6 Å². The third-order valence-corrected chi connectivity index (χ3v) is 13.1. The highest BCUT2D eigenvalue weighted by Crippen LogP contribution is 2.26. The summed E-state index contributed by atoms with van der Waals surface area (Å²) < 4.78 is 2.18. The molecule has 6 heteroatoms. The quantitative estimate of drug-likeness (QED) is 0.0370. The summed E-state index contributed by atoms with van der Waals surface area (Å²) in [6, 6.07) is 44.2. The lowest BCUT2D eigenvalue weighted by molar-refractivity contribution is -0.693. The Morgan fingerprint density at radius 3 is 1.50 bits per heavy atom. The lowest BCUT2D eigenvalue weighted by Crippen LogP contribution is -2.30. The zero-order chi connectivity index (χ0) is 40.0. The van der Waals surface area contributed by atoms with Crippen molar-refractivity contribution in [3.05, 3.63) is 192 Å². The smallest absolute Gasteiger partial charge is 0.169 e. The second-order valence-corrected chi connectivity index (χ2v) is 17.5. The van der Waals surface area contributed by atoms with Crippen LogP contribution in [0.2, 0.25) is 0 Å². The normalized spacial score (nSPS) is 12.7. The Morgan fingerprint density at radius 1 is 0.569 bits per heavy atom. The van der Waals surface area contributed by atoms with Gasteiger partial charge in [-0.3, -0.25) is 0 Å². The topological polar surface area (TPSA) is 13.6 Å². The van der Waals surface area contributed by atoms with Crippen LogP contribution in [-0.2, 0) is 19.6 Å². The molecular weight excluding hydrogens is 745 g/mol. The van der Waals surface area contributed by atoms with E-state index in [0.29, 0.717) is 0 Å². The Balaban J connectivity index is 0.921. The predicted molar refractivity (Wildman–Crippen MR) is 256 cm³/mol. The van der Waals surface area contributed by atoms with E-state index in [0.717, 1.165) is 45.8 Å². The van der Waals surface area contributed by atoms with Gasteiger partial charge in [-0.2, -0.15) is 0 Å². The average molecular weight is 806 g/mol. The molecule has 0 aliphatic carbocycles. The molecule has 0 atom stereocenters. The van der Waals surface area contributed by atoms with Gasteiger partial charge in [-0.25, -0.2) is 4.57 Å². The van der Waals surface area contributed by atoms with Crippen LogP contribution in [0.25, 0.3) is 18.2 Å². The van der Waals surface area contributed by atoms with Crippen molar-refractivity contribution in [1.82, 2.24) is 4.90 Å². The van der Waals surface area contributed by atoms with Gasteiger partial charge in [-0.05, 0) is 109 Å². The first kappa shape index (κ1) is 42.7. The lowest BCUT2D eigenvalue weighted by atomic mass is 10.1. The highest BCUT2D eigenvalue weighted by molar-refractivity contribution is 8.76. The maximum atomic E-state index is 2.55. The fraction of sp³-hybridized carbons (Fsp3) is 0.288. The predicted octanol–water partition coefficient (Wildman–Crippen LogP) is 12.6. The summed E-state index contributed by atoms with van der Waals surface area (Å²) in [6.45, 7) is 11.3. The van der Waals surface area contributed by atoms with Crippen molar-refractivity contribution < 1.29 is 4.57 Å². The number of aryl methyl sites for hydroxylation is 1. The summed E-state index contributed by atoms with van der Waals surface area (Å²) in [7, 11) is 4.09. The molecule has 0 saturated carbocycles. The first-order chi connectivity index (χ1) is 28.6. The van der Waals surface area contributed by atoms with Crippen molar-refractivity contribution in [2.24, 2.45) is 0 Å². The van der Waals surface area contributed by atoms with Crippen molar-refractivity contribution in [2.75, 3.05) is 47.5 Å². The Morgan fingerprint density at radius 2 is 1.05 bits per heavy atom. The molecule has 6 rings (SSSR count). The van der Waals surface area contributed by atoms with Crippen LogP contribution in [0.1, 0.15) is 67.3 Å². The number of hydrogen-bond donors (Lipinski definition) is 0. The minimum Gasteiger partial charge on any atom is -0.374 e. The number of likely N-dealkylation sites (N-methyl/N-ethyl adjacent to an activating group) is 1. The van der Waals surface area contributed by atoms with Crippen molar-refractivity contribution in [1.29, 1.82) is 0 Å². The summed E-state index contributed by atoms with van der Waals surface area (Å²) in [5.74, 6) is 2.38. The number of hydrogen-bond acceptors (Lipinski definition) is 5. The molecule has 0 radical (unpaired) electrons. The third-order valence-electron chi connectivity index (χ3n) is 10.5.